The summed E-state index contributed by atoms with van der Waals surface area (Å²) in [7, 11) is 3.72. The van der Waals surface area contributed by atoms with Crippen LogP contribution in [0.3, 0.4) is 0 Å². The minimum atomic E-state index is 0.120. The van der Waals surface area contributed by atoms with Crippen LogP contribution >= 0.6 is 15.9 Å². The Morgan fingerprint density at radius 3 is 2.74 bits per heavy atom. The first-order valence-corrected chi connectivity index (χ1v) is 7.06. The van der Waals surface area contributed by atoms with Gasteiger partial charge in [0.15, 0.2) is 11.5 Å². The molecule has 0 amide bonds. The van der Waals surface area contributed by atoms with Crippen molar-refractivity contribution in [2.75, 3.05) is 40.3 Å². The van der Waals surface area contributed by atoms with Gasteiger partial charge in [0.05, 0.1) is 46.6 Å². The standard InChI is InChI=1S/C13H18BrN3O2/c1-16-3-5-17(6-4-16)15-9-10-7-12(18)13(19-2)8-11(10)14/h7-9,18H,3-6H2,1-2H3/p+1/b15-9-. The first kappa shape index (κ1) is 14.1. The molecule has 0 spiro atoms. The predicted octanol–water partition coefficient (Wildman–Crippen LogP) is 0.327. The van der Waals surface area contributed by atoms with Gasteiger partial charge in [0.25, 0.3) is 0 Å². The molecule has 6 heteroatoms. The van der Waals surface area contributed by atoms with Crippen LogP contribution in [0.4, 0.5) is 0 Å². The molecule has 104 valence electrons. The van der Waals surface area contributed by atoms with E-state index in [0.29, 0.717) is 5.75 Å². The van der Waals surface area contributed by atoms with E-state index in [1.54, 1.807) is 18.3 Å². The van der Waals surface area contributed by atoms with Crippen LogP contribution in [0.5, 0.6) is 11.5 Å². The molecule has 1 fully saturated rings. The number of piperazine rings is 1. The number of methoxy groups -OCH3 is 1. The lowest BCUT2D eigenvalue weighted by atomic mass is 10.2. The summed E-state index contributed by atoms with van der Waals surface area (Å²) in [6.45, 7) is 4.13. The summed E-state index contributed by atoms with van der Waals surface area (Å²) in [5, 5.41) is 16.3. The first-order chi connectivity index (χ1) is 9.10. The van der Waals surface area contributed by atoms with Crippen molar-refractivity contribution in [2.24, 2.45) is 5.10 Å². The zero-order chi connectivity index (χ0) is 13.8. The molecule has 1 aromatic rings. The number of rotatable bonds is 3. The quantitative estimate of drug-likeness (QED) is 0.786. The minimum absolute atomic E-state index is 0.120. The number of hydrogen-bond donors (Lipinski definition) is 2. The van der Waals surface area contributed by atoms with Gasteiger partial charge in [-0.05, 0) is 28.1 Å². The summed E-state index contributed by atoms with van der Waals surface area (Å²) in [5.41, 5.74) is 0.838. The topological polar surface area (TPSA) is 49.5 Å². The van der Waals surface area contributed by atoms with E-state index in [1.807, 2.05) is 0 Å². The second-order valence-electron chi connectivity index (χ2n) is 4.70. The van der Waals surface area contributed by atoms with E-state index < -0.39 is 0 Å². The van der Waals surface area contributed by atoms with Crippen molar-refractivity contribution in [3.8, 4) is 11.5 Å². The average molecular weight is 329 g/mol. The summed E-state index contributed by atoms with van der Waals surface area (Å²) in [6.07, 6.45) is 1.77. The smallest absolute Gasteiger partial charge is 0.161 e. The predicted molar refractivity (Wildman–Crippen MR) is 78.1 cm³/mol. The van der Waals surface area contributed by atoms with Crippen LogP contribution in [0.25, 0.3) is 0 Å². The summed E-state index contributed by atoms with van der Waals surface area (Å²) in [4.78, 5) is 1.54. The normalized spacial score (nSPS) is 17.1. The molecule has 0 unspecified atom stereocenters. The molecule has 1 aromatic carbocycles. The molecule has 1 aliphatic heterocycles. The van der Waals surface area contributed by atoms with Crippen molar-refractivity contribution in [1.29, 1.82) is 0 Å². The van der Waals surface area contributed by atoms with Crippen LogP contribution in [0.15, 0.2) is 21.7 Å². The maximum absolute atomic E-state index is 9.76. The van der Waals surface area contributed by atoms with Crippen molar-refractivity contribution < 1.29 is 14.7 Å². The van der Waals surface area contributed by atoms with E-state index in [9.17, 15) is 5.11 Å². The molecule has 1 heterocycles. The van der Waals surface area contributed by atoms with Gasteiger partial charge in [0, 0.05) is 10.0 Å². The molecule has 5 nitrogen and oxygen atoms in total. The maximum atomic E-state index is 9.76. The third kappa shape index (κ3) is 3.61. The molecule has 19 heavy (non-hydrogen) atoms. The van der Waals surface area contributed by atoms with Gasteiger partial charge in [0.2, 0.25) is 0 Å². The van der Waals surface area contributed by atoms with E-state index in [2.05, 4.69) is 33.1 Å². The largest absolute Gasteiger partial charge is 0.504 e. The number of hydrazone groups is 1. The summed E-state index contributed by atoms with van der Waals surface area (Å²) >= 11 is 3.45. The van der Waals surface area contributed by atoms with Gasteiger partial charge in [-0.2, -0.15) is 5.10 Å². The summed E-state index contributed by atoms with van der Waals surface area (Å²) in [5.74, 6) is 0.571. The number of likely N-dealkylation sites (N-methyl/N-ethyl adjacent to an activating group) is 1. The number of nitrogens with one attached hydrogen (secondary N) is 1. The van der Waals surface area contributed by atoms with E-state index in [0.717, 1.165) is 36.2 Å². The van der Waals surface area contributed by atoms with Crippen LogP contribution in [0.1, 0.15) is 5.56 Å². The van der Waals surface area contributed by atoms with Crippen molar-refractivity contribution in [2.45, 2.75) is 0 Å². The van der Waals surface area contributed by atoms with Gasteiger partial charge in [0.1, 0.15) is 0 Å². The van der Waals surface area contributed by atoms with E-state index in [4.69, 9.17) is 4.74 Å². The highest BCUT2D eigenvalue weighted by Gasteiger charge is 2.14. The Bertz CT molecular complexity index is 471. The Hall–Kier alpha value is -1.27. The summed E-state index contributed by atoms with van der Waals surface area (Å²) in [6, 6.07) is 3.39. The lowest BCUT2D eigenvalue weighted by Gasteiger charge is -2.27. The van der Waals surface area contributed by atoms with Crippen molar-refractivity contribution in [3.05, 3.63) is 22.2 Å². The highest BCUT2D eigenvalue weighted by molar-refractivity contribution is 9.10. The van der Waals surface area contributed by atoms with Crippen LogP contribution in [0, 0.1) is 0 Å². The average Bonchev–Trinajstić information content (AvgIpc) is 2.41. The van der Waals surface area contributed by atoms with Crippen molar-refractivity contribution in [1.82, 2.24) is 5.01 Å². The molecule has 0 aliphatic carbocycles. The Kier molecular flexibility index (Phi) is 4.66. The molecule has 0 radical (unpaired) electrons. The van der Waals surface area contributed by atoms with E-state index in [1.165, 1.54) is 12.0 Å². The lowest BCUT2D eigenvalue weighted by Crippen LogP contribution is -3.11. The molecule has 0 saturated carbocycles. The fraction of sp³-hybridized carbons (Fsp3) is 0.462. The first-order valence-electron chi connectivity index (χ1n) is 6.27. The highest BCUT2D eigenvalue weighted by Crippen LogP contribution is 2.31. The molecular weight excluding hydrogens is 310 g/mol. The van der Waals surface area contributed by atoms with E-state index >= 15 is 0 Å². The monoisotopic (exact) mass is 328 g/mol. The molecule has 0 aromatic heterocycles. The zero-order valence-electron chi connectivity index (χ0n) is 11.2. The lowest BCUT2D eigenvalue weighted by molar-refractivity contribution is -0.884. The molecule has 2 rings (SSSR count). The number of halogens is 1. The number of ether oxygens (including phenoxy) is 1. The Morgan fingerprint density at radius 2 is 2.11 bits per heavy atom. The van der Waals surface area contributed by atoms with Gasteiger partial charge in [-0.3, -0.25) is 5.01 Å². The number of phenols is 1. The highest BCUT2D eigenvalue weighted by atomic mass is 79.9. The van der Waals surface area contributed by atoms with E-state index in [-0.39, 0.29) is 5.75 Å². The van der Waals surface area contributed by atoms with Crippen LogP contribution < -0.4 is 9.64 Å². The zero-order valence-corrected chi connectivity index (χ0v) is 12.8. The Labute approximate surface area is 121 Å². The van der Waals surface area contributed by atoms with Crippen molar-refractivity contribution in [3.63, 3.8) is 0 Å². The molecule has 2 N–H and O–H groups in total. The van der Waals surface area contributed by atoms with Crippen LogP contribution in [0.2, 0.25) is 0 Å². The number of quaternary nitrogens is 1. The molecule has 0 bridgehead atoms. The van der Waals surface area contributed by atoms with Crippen molar-refractivity contribution >= 4 is 22.1 Å². The second-order valence-corrected chi connectivity index (χ2v) is 5.56. The molecule has 0 atom stereocenters. The maximum Gasteiger partial charge on any atom is 0.161 e. The second kappa shape index (κ2) is 6.25. The number of benzene rings is 1. The molecule has 1 aliphatic rings. The third-order valence-electron chi connectivity index (χ3n) is 3.25. The molecular formula is C13H19BrN3O2+. The van der Waals surface area contributed by atoms with Crippen LogP contribution in [-0.4, -0.2) is 56.7 Å². The molecule has 1 saturated heterocycles. The Morgan fingerprint density at radius 1 is 1.42 bits per heavy atom. The number of aromatic hydroxyl groups is 1. The number of phenolic OH excluding ortho intramolecular Hbond substituents is 1. The number of hydrogen-bond acceptors (Lipinski definition) is 4. The van der Waals surface area contributed by atoms with Gasteiger partial charge < -0.3 is 14.7 Å². The Balaban J connectivity index is 2.08. The minimum Gasteiger partial charge on any atom is -0.504 e. The van der Waals surface area contributed by atoms with Gasteiger partial charge >= 0.3 is 0 Å². The summed E-state index contributed by atoms with van der Waals surface area (Å²) < 4.78 is 5.90. The van der Waals surface area contributed by atoms with Crippen LogP contribution in [-0.2, 0) is 0 Å². The number of nitrogens with zero attached hydrogens (tertiary/aromatic N) is 2. The third-order valence-corrected chi connectivity index (χ3v) is 3.94. The van der Waals surface area contributed by atoms with Gasteiger partial charge in [-0.25, -0.2) is 0 Å². The fourth-order valence-electron chi connectivity index (χ4n) is 1.96. The SMILES string of the molecule is COc1cc(Br)c(/C=N\N2CC[NH+](C)CC2)cc1O. The fourth-order valence-corrected chi connectivity index (χ4v) is 2.38. The van der Waals surface area contributed by atoms with Gasteiger partial charge in [-0.1, -0.05) is 0 Å². The van der Waals surface area contributed by atoms with Gasteiger partial charge in [-0.15, -0.1) is 0 Å².